The number of anilines is 3. The first-order valence-corrected chi connectivity index (χ1v) is 8.31. The van der Waals surface area contributed by atoms with Gasteiger partial charge in [-0.3, -0.25) is 9.69 Å². The Bertz CT molecular complexity index is 766. The standard InChI is InChI=1S/C18H22N4O3/c1-2-14-18(23)22(17-15(25-14)7-8-16(20)21-17)9-4-10-24-13-6-3-5-12(19)11-13/h3,5-8,11,14H,2,4,9-10,19H2,1H3,(H2,20,21). The van der Waals surface area contributed by atoms with Crippen molar-refractivity contribution in [1.82, 2.24) is 4.98 Å². The largest absolute Gasteiger partial charge is 0.493 e. The minimum Gasteiger partial charge on any atom is -0.493 e. The Hall–Kier alpha value is -2.96. The van der Waals surface area contributed by atoms with Crippen molar-refractivity contribution in [3.05, 3.63) is 36.4 Å². The molecule has 1 aromatic heterocycles. The molecule has 2 aromatic rings. The molecule has 0 saturated heterocycles. The van der Waals surface area contributed by atoms with Crippen LogP contribution in [0.15, 0.2) is 36.4 Å². The predicted octanol–water partition coefficient (Wildman–Crippen LogP) is 2.22. The zero-order chi connectivity index (χ0) is 17.8. The van der Waals surface area contributed by atoms with E-state index in [-0.39, 0.29) is 5.91 Å². The van der Waals surface area contributed by atoms with Crippen LogP contribution < -0.4 is 25.8 Å². The number of carbonyl (C=O) groups is 1. The van der Waals surface area contributed by atoms with Gasteiger partial charge in [0.05, 0.1) is 6.61 Å². The Labute approximate surface area is 146 Å². The molecule has 1 amide bonds. The van der Waals surface area contributed by atoms with Gasteiger partial charge >= 0.3 is 0 Å². The van der Waals surface area contributed by atoms with Crippen molar-refractivity contribution >= 4 is 23.2 Å². The van der Waals surface area contributed by atoms with Crippen molar-refractivity contribution < 1.29 is 14.3 Å². The van der Waals surface area contributed by atoms with E-state index in [1.807, 2.05) is 19.1 Å². The molecular formula is C18H22N4O3. The van der Waals surface area contributed by atoms with Gasteiger partial charge in [-0.1, -0.05) is 13.0 Å². The van der Waals surface area contributed by atoms with Crippen LogP contribution in [0.5, 0.6) is 11.5 Å². The second kappa shape index (κ2) is 7.29. The smallest absolute Gasteiger partial charge is 0.269 e. The van der Waals surface area contributed by atoms with Crippen molar-refractivity contribution in [3.63, 3.8) is 0 Å². The quantitative estimate of drug-likeness (QED) is 0.616. The first-order valence-electron chi connectivity index (χ1n) is 8.31. The first-order chi connectivity index (χ1) is 12.1. The third-order valence-electron chi connectivity index (χ3n) is 3.95. The summed E-state index contributed by atoms with van der Waals surface area (Å²) < 4.78 is 11.4. The van der Waals surface area contributed by atoms with Gasteiger partial charge in [-0.25, -0.2) is 4.98 Å². The van der Waals surface area contributed by atoms with Crippen LogP contribution in [0.25, 0.3) is 0 Å². The number of nitrogens with two attached hydrogens (primary N) is 2. The summed E-state index contributed by atoms with van der Waals surface area (Å²) in [5, 5.41) is 0. The highest BCUT2D eigenvalue weighted by Gasteiger charge is 2.34. The van der Waals surface area contributed by atoms with Crippen molar-refractivity contribution in [2.75, 3.05) is 29.5 Å². The second-order valence-electron chi connectivity index (χ2n) is 5.84. The van der Waals surface area contributed by atoms with Crippen LogP contribution in [0.4, 0.5) is 17.3 Å². The highest BCUT2D eigenvalue weighted by molar-refractivity contribution is 5.99. The summed E-state index contributed by atoms with van der Waals surface area (Å²) in [6, 6.07) is 10.7. The SMILES string of the molecule is CCC1Oc2ccc(N)nc2N(CCCOc2cccc(N)c2)C1=O. The number of amides is 1. The molecule has 7 nitrogen and oxygen atoms in total. The van der Waals surface area contributed by atoms with E-state index in [1.165, 1.54) is 0 Å². The minimum atomic E-state index is -0.493. The number of hydrogen-bond acceptors (Lipinski definition) is 6. The average Bonchev–Trinajstić information content (AvgIpc) is 2.60. The van der Waals surface area contributed by atoms with E-state index >= 15 is 0 Å². The summed E-state index contributed by atoms with van der Waals surface area (Å²) >= 11 is 0. The number of fused-ring (bicyclic) bond motifs is 1. The number of rotatable bonds is 6. The lowest BCUT2D eigenvalue weighted by Crippen LogP contribution is -2.46. The highest BCUT2D eigenvalue weighted by atomic mass is 16.5. The lowest BCUT2D eigenvalue weighted by atomic mass is 10.2. The lowest BCUT2D eigenvalue weighted by molar-refractivity contribution is -0.126. The summed E-state index contributed by atoms with van der Waals surface area (Å²) in [7, 11) is 0. The molecule has 4 N–H and O–H groups in total. The molecule has 1 aromatic carbocycles. The van der Waals surface area contributed by atoms with Gasteiger partial charge in [-0.15, -0.1) is 0 Å². The van der Waals surface area contributed by atoms with Gasteiger partial charge < -0.3 is 20.9 Å². The molecule has 0 radical (unpaired) electrons. The number of nitrogen functional groups attached to an aromatic ring is 2. The van der Waals surface area contributed by atoms with E-state index in [4.69, 9.17) is 20.9 Å². The van der Waals surface area contributed by atoms with Crippen molar-refractivity contribution in [3.8, 4) is 11.5 Å². The fourth-order valence-corrected chi connectivity index (χ4v) is 2.71. The molecule has 1 atom stereocenters. The Morgan fingerprint density at radius 2 is 2.12 bits per heavy atom. The number of nitrogens with zero attached hydrogens (tertiary/aromatic N) is 2. The van der Waals surface area contributed by atoms with Crippen LogP contribution in [0.1, 0.15) is 19.8 Å². The number of benzene rings is 1. The molecule has 0 saturated carbocycles. The molecule has 1 unspecified atom stereocenters. The molecule has 2 heterocycles. The molecule has 0 bridgehead atoms. The van der Waals surface area contributed by atoms with E-state index < -0.39 is 6.10 Å². The van der Waals surface area contributed by atoms with Gasteiger partial charge in [0, 0.05) is 18.3 Å². The van der Waals surface area contributed by atoms with Crippen molar-refractivity contribution in [2.45, 2.75) is 25.9 Å². The minimum absolute atomic E-state index is 0.0999. The van der Waals surface area contributed by atoms with Gasteiger partial charge in [0.25, 0.3) is 5.91 Å². The summed E-state index contributed by atoms with van der Waals surface area (Å²) in [5.74, 6) is 2.02. The monoisotopic (exact) mass is 342 g/mol. The van der Waals surface area contributed by atoms with Crippen LogP contribution in [0.3, 0.4) is 0 Å². The normalized spacial score (nSPS) is 16.3. The van der Waals surface area contributed by atoms with E-state index in [9.17, 15) is 4.79 Å². The van der Waals surface area contributed by atoms with E-state index in [2.05, 4.69) is 4.98 Å². The number of carbonyl (C=O) groups excluding carboxylic acids is 1. The van der Waals surface area contributed by atoms with Crippen LogP contribution in [-0.2, 0) is 4.79 Å². The number of pyridine rings is 1. The summed E-state index contributed by atoms with van der Waals surface area (Å²) in [5.41, 5.74) is 12.1. The van der Waals surface area contributed by atoms with E-state index in [1.54, 1.807) is 29.2 Å². The van der Waals surface area contributed by atoms with Crippen molar-refractivity contribution in [1.29, 1.82) is 0 Å². The molecule has 0 fully saturated rings. The molecule has 7 heteroatoms. The fourth-order valence-electron chi connectivity index (χ4n) is 2.71. The summed E-state index contributed by atoms with van der Waals surface area (Å²) in [4.78, 5) is 18.5. The molecule has 3 rings (SSSR count). The molecule has 0 aliphatic carbocycles. The van der Waals surface area contributed by atoms with Crippen LogP contribution in [0, 0.1) is 0 Å². The fraction of sp³-hybridized carbons (Fsp3) is 0.333. The Kier molecular flexibility index (Phi) is 4.92. The maximum atomic E-state index is 12.6. The maximum Gasteiger partial charge on any atom is 0.269 e. The number of hydrogen-bond donors (Lipinski definition) is 2. The summed E-state index contributed by atoms with van der Waals surface area (Å²) in [6.07, 6.45) is 0.749. The van der Waals surface area contributed by atoms with Crippen LogP contribution in [0.2, 0.25) is 0 Å². The molecule has 0 spiro atoms. The Morgan fingerprint density at radius 3 is 2.88 bits per heavy atom. The Morgan fingerprint density at radius 1 is 1.28 bits per heavy atom. The second-order valence-corrected chi connectivity index (χ2v) is 5.84. The zero-order valence-electron chi connectivity index (χ0n) is 14.1. The number of ether oxygens (including phenoxy) is 2. The molecule has 1 aliphatic rings. The number of aromatic nitrogens is 1. The molecular weight excluding hydrogens is 320 g/mol. The van der Waals surface area contributed by atoms with E-state index in [0.717, 1.165) is 0 Å². The summed E-state index contributed by atoms with van der Waals surface area (Å²) in [6.45, 7) is 2.85. The van der Waals surface area contributed by atoms with Crippen molar-refractivity contribution in [2.24, 2.45) is 0 Å². The van der Waals surface area contributed by atoms with Gasteiger partial charge in [-0.2, -0.15) is 0 Å². The third-order valence-corrected chi connectivity index (χ3v) is 3.95. The van der Waals surface area contributed by atoms with Gasteiger partial charge in [0.2, 0.25) is 0 Å². The van der Waals surface area contributed by atoms with Crippen LogP contribution in [-0.4, -0.2) is 30.1 Å². The van der Waals surface area contributed by atoms with Gasteiger partial charge in [-0.05, 0) is 37.1 Å². The third kappa shape index (κ3) is 3.76. The van der Waals surface area contributed by atoms with Gasteiger partial charge in [0.1, 0.15) is 11.6 Å². The van der Waals surface area contributed by atoms with E-state index in [0.29, 0.717) is 54.8 Å². The molecule has 1 aliphatic heterocycles. The predicted molar refractivity (Wildman–Crippen MR) is 96.7 cm³/mol. The van der Waals surface area contributed by atoms with Gasteiger partial charge in [0.15, 0.2) is 17.7 Å². The first kappa shape index (κ1) is 16.9. The lowest BCUT2D eigenvalue weighted by Gasteiger charge is -2.33. The maximum absolute atomic E-state index is 12.6. The molecule has 25 heavy (non-hydrogen) atoms. The highest BCUT2D eigenvalue weighted by Crippen LogP contribution is 2.33. The average molecular weight is 342 g/mol. The van der Waals surface area contributed by atoms with Crippen LogP contribution >= 0.6 is 0 Å². The molecule has 132 valence electrons. The zero-order valence-corrected chi connectivity index (χ0v) is 14.1. The topological polar surface area (TPSA) is 104 Å². The Balaban J connectivity index is 1.66.